The van der Waals surface area contributed by atoms with Crippen LogP contribution in [0.1, 0.15) is 38.2 Å². The molecule has 1 aromatic carbocycles. The molecule has 0 radical (unpaired) electrons. The fourth-order valence-corrected chi connectivity index (χ4v) is 3.55. The number of methoxy groups -OCH3 is 1. The molecule has 1 N–H and O–H groups in total. The first-order chi connectivity index (χ1) is 13.6. The molecule has 1 unspecified atom stereocenters. The van der Waals surface area contributed by atoms with Crippen molar-refractivity contribution >= 4 is 11.6 Å². The molecule has 0 aliphatic carbocycles. The van der Waals surface area contributed by atoms with Gasteiger partial charge in [0, 0.05) is 6.07 Å². The van der Waals surface area contributed by atoms with Crippen LogP contribution in [0, 0.1) is 6.92 Å². The van der Waals surface area contributed by atoms with E-state index < -0.39 is 0 Å². The van der Waals surface area contributed by atoms with Gasteiger partial charge in [-0.25, -0.2) is 4.98 Å². The number of carbonyl (C=O) groups is 1. The maximum Gasteiger partial charge on any atom is 0.241 e. The van der Waals surface area contributed by atoms with E-state index in [-0.39, 0.29) is 11.9 Å². The molecule has 1 amide bonds. The lowest BCUT2D eigenvalue weighted by Gasteiger charge is -2.34. The van der Waals surface area contributed by atoms with Crippen molar-refractivity contribution in [2.75, 3.05) is 25.5 Å². The van der Waals surface area contributed by atoms with E-state index in [0.29, 0.717) is 23.1 Å². The first-order valence-electron chi connectivity index (χ1n) is 9.94. The lowest BCUT2D eigenvalue weighted by atomic mass is 10.0. The van der Waals surface area contributed by atoms with Gasteiger partial charge >= 0.3 is 0 Å². The summed E-state index contributed by atoms with van der Waals surface area (Å²) >= 11 is 0. The maximum atomic E-state index is 12.7. The highest BCUT2D eigenvalue weighted by Gasteiger charge is 2.28. The largest absolute Gasteiger partial charge is 0.493 e. The molecule has 0 spiro atoms. The number of amides is 1. The van der Waals surface area contributed by atoms with E-state index in [1.54, 1.807) is 19.4 Å². The third-order valence-electron chi connectivity index (χ3n) is 4.96. The number of likely N-dealkylation sites (tertiary alicyclic amines) is 1. The van der Waals surface area contributed by atoms with Gasteiger partial charge in [0.1, 0.15) is 0 Å². The van der Waals surface area contributed by atoms with Gasteiger partial charge in [0.15, 0.2) is 11.5 Å². The zero-order valence-corrected chi connectivity index (χ0v) is 16.9. The smallest absolute Gasteiger partial charge is 0.241 e. The number of piperidine rings is 1. The fraction of sp³-hybridized carbons (Fsp3) is 0.455. The van der Waals surface area contributed by atoms with E-state index in [0.717, 1.165) is 37.9 Å². The van der Waals surface area contributed by atoms with E-state index in [2.05, 4.69) is 22.1 Å². The molecule has 0 saturated carbocycles. The minimum atomic E-state index is -0.0542. The number of carbonyl (C=O) groups excluding carboxylic acids is 1. The van der Waals surface area contributed by atoms with Crippen LogP contribution in [0.5, 0.6) is 17.4 Å². The molecule has 2 heterocycles. The van der Waals surface area contributed by atoms with Gasteiger partial charge in [-0.1, -0.05) is 19.4 Å². The third kappa shape index (κ3) is 5.01. The number of hydrogen-bond donors (Lipinski definition) is 1. The van der Waals surface area contributed by atoms with Crippen LogP contribution in [0.25, 0.3) is 0 Å². The number of aryl methyl sites for hydroxylation is 1. The van der Waals surface area contributed by atoms with Crippen LogP contribution in [0.4, 0.5) is 5.69 Å². The van der Waals surface area contributed by atoms with Crippen molar-refractivity contribution < 1.29 is 14.3 Å². The molecule has 1 fully saturated rings. The Balaban J connectivity index is 1.63. The Hall–Kier alpha value is -2.60. The Morgan fingerprint density at radius 3 is 2.82 bits per heavy atom. The van der Waals surface area contributed by atoms with Crippen molar-refractivity contribution in [2.24, 2.45) is 0 Å². The molecule has 1 saturated heterocycles. The summed E-state index contributed by atoms with van der Waals surface area (Å²) in [6, 6.07) is 9.24. The van der Waals surface area contributed by atoms with Crippen LogP contribution < -0.4 is 14.8 Å². The number of nitrogens with zero attached hydrogens (tertiary/aromatic N) is 2. The molecule has 1 aliphatic heterocycles. The third-order valence-corrected chi connectivity index (χ3v) is 4.96. The zero-order chi connectivity index (χ0) is 19.9. The van der Waals surface area contributed by atoms with Crippen LogP contribution in [0.3, 0.4) is 0 Å². The second-order valence-electron chi connectivity index (χ2n) is 7.18. The summed E-state index contributed by atoms with van der Waals surface area (Å²) in [6.45, 7) is 6.10. The van der Waals surface area contributed by atoms with Crippen LogP contribution in [-0.2, 0) is 4.79 Å². The van der Waals surface area contributed by atoms with E-state index in [9.17, 15) is 4.79 Å². The minimum Gasteiger partial charge on any atom is -0.493 e. The summed E-state index contributed by atoms with van der Waals surface area (Å²) in [5.74, 6) is 1.76. The number of hydrogen-bond acceptors (Lipinski definition) is 5. The van der Waals surface area contributed by atoms with Gasteiger partial charge in [-0.05, 0) is 63.0 Å². The van der Waals surface area contributed by atoms with Gasteiger partial charge in [0.05, 0.1) is 25.0 Å². The normalized spacial score (nSPS) is 17.2. The van der Waals surface area contributed by atoms with E-state index in [1.807, 2.05) is 31.2 Å². The maximum absolute atomic E-state index is 12.7. The second-order valence-corrected chi connectivity index (χ2v) is 7.18. The van der Waals surface area contributed by atoms with Crippen LogP contribution >= 0.6 is 0 Å². The molecule has 3 rings (SSSR count). The summed E-state index contributed by atoms with van der Waals surface area (Å²) in [7, 11) is 1.61. The van der Waals surface area contributed by atoms with Crippen molar-refractivity contribution in [1.82, 2.24) is 9.88 Å². The van der Waals surface area contributed by atoms with Crippen LogP contribution in [0.2, 0.25) is 0 Å². The van der Waals surface area contributed by atoms with Gasteiger partial charge < -0.3 is 14.8 Å². The molecule has 150 valence electrons. The van der Waals surface area contributed by atoms with Crippen LogP contribution in [-0.4, -0.2) is 42.0 Å². The van der Waals surface area contributed by atoms with Crippen LogP contribution in [0.15, 0.2) is 36.5 Å². The number of pyridine rings is 1. The molecule has 28 heavy (non-hydrogen) atoms. The van der Waals surface area contributed by atoms with Crippen molar-refractivity contribution in [2.45, 2.75) is 45.6 Å². The Bertz CT molecular complexity index is 790. The summed E-state index contributed by atoms with van der Waals surface area (Å²) in [4.78, 5) is 19.3. The van der Waals surface area contributed by atoms with Gasteiger partial charge in [0.2, 0.25) is 11.8 Å². The zero-order valence-electron chi connectivity index (χ0n) is 16.9. The molecular formula is C22H29N3O3. The van der Waals surface area contributed by atoms with Crippen molar-refractivity contribution in [3.8, 4) is 17.4 Å². The summed E-state index contributed by atoms with van der Waals surface area (Å²) in [5.41, 5.74) is 1.77. The van der Waals surface area contributed by atoms with Gasteiger partial charge in [-0.15, -0.1) is 0 Å². The lowest BCUT2D eigenvalue weighted by molar-refractivity contribution is -0.122. The Kier molecular flexibility index (Phi) is 6.87. The minimum absolute atomic E-state index is 0.0452. The number of rotatable bonds is 7. The van der Waals surface area contributed by atoms with Crippen molar-refractivity contribution in [3.63, 3.8) is 0 Å². The molecule has 1 atom stereocenters. The SMILES string of the molecule is CCCN1CCCCC1C(=O)Nc1ccc(Oc2ccc(C)cc2OC)nc1. The molecule has 6 heteroatoms. The first-order valence-corrected chi connectivity index (χ1v) is 9.94. The monoisotopic (exact) mass is 383 g/mol. The quantitative estimate of drug-likeness (QED) is 0.768. The molecule has 6 nitrogen and oxygen atoms in total. The summed E-state index contributed by atoms with van der Waals surface area (Å²) in [6.07, 6.45) is 5.86. The number of aromatic nitrogens is 1. The van der Waals surface area contributed by atoms with Crippen molar-refractivity contribution in [1.29, 1.82) is 0 Å². The van der Waals surface area contributed by atoms with Gasteiger partial charge in [-0.2, -0.15) is 0 Å². The van der Waals surface area contributed by atoms with Crippen molar-refractivity contribution in [3.05, 3.63) is 42.1 Å². The fourth-order valence-electron chi connectivity index (χ4n) is 3.55. The Morgan fingerprint density at radius 2 is 2.11 bits per heavy atom. The Morgan fingerprint density at radius 1 is 1.25 bits per heavy atom. The molecule has 0 bridgehead atoms. The average molecular weight is 383 g/mol. The topological polar surface area (TPSA) is 63.7 Å². The highest BCUT2D eigenvalue weighted by Crippen LogP contribution is 2.31. The summed E-state index contributed by atoms with van der Waals surface area (Å²) < 4.78 is 11.2. The Labute approximate surface area is 166 Å². The molecule has 1 aliphatic rings. The van der Waals surface area contributed by atoms with Gasteiger partial charge in [-0.3, -0.25) is 9.69 Å². The van der Waals surface area contributed by atoms with E-state index in [1.165, 1.54) is 6.42 Å². The second kappa shape index (κ2) is 9.55. The highest BCUT2D eigenvalue weighted by molar-refractivity contribution is 5.94. The predicted octanol–water partition coefficient (Wildman–Crippen LogP) is 4.39. The van der Waals surface area contributed by atoms with E-state index in [4.69, 9.17) is 9.47 Å². The van der Waals surface area contributed by atoms with Gasteiger partial charge in [0.25, 0.3) is 0 Å². The number of anilines is 1. The molecule has 1 aromatic heterocycles. The molecule has 2 aromatic rings. The number of benzene rings is 1. The summed E-state index contributed by atoms with van der Waals surface area (Å²) in [5, 5.41) is 3.00. The molecular weight excluding hydrogens is 354 g/mol. The predicted molar refractivity (Wildman–Crippen MR) is 110 cm³/mol. The number of ether oxygens (including phenoxy) is 2. The highest BCUT2D eigenvalue weighted by atomic mass is 16.5. The average Bonchev–Trinajstić information content (AvgIpc) is 2.71. The first kappa shape index (κ1) is 20.1. The standard InChI is InChI=1S/C22H29N3O3/c1-4-12-25-13-6-5-7-18(25)22(26)24-17-9-11-21(23-15-17)28-19-10-8-16(2)14-20(19)27-3/h8-11,14-15,18H,4-7,12-13H2,1-3H3,(H,24,26). The lowest BCUT2D eigenvalue weighted by Crippen LogP contribution is -2.47. The van der Waals surface area contributed by atoms with E-state index >= 15 is 0 Å². The number of nitrogens with one attached hydrogen (secondary N) is 1.